The van der Waals surface area contributed by atoms with E-state index >= 15 is 0 Å². The number of pyridine rings is 1. The summed E-state index contributed by atoms with van der Waals surface area (Å²) in [6.45, 7) is 1.92. The largest absolute Gasteiger partial charge is 0.324 e. The van der Waals surface area contributed by atoms with Crippen molar-refractivity contribution in [2.24, 2.45) is 0 Å². The Hall–Kier alpha value is -2.20. The Labute approximate surface area is 121 Å². The van der Waals surface area contributed by atoms with Gasteiger partial charge in [-0.2, -0.15) is 0 Å². The third-order valence-electron chi connectivity index (χ3n) is 3.25. The van der Waals surface area contributed by atoms with Gasteiger partial charge in [0.25, 0.3) is 0 Å². The van der Waals surface area contributed by atoms with Crippen LogP contribution in [0.25, 0.3) is 10.9 Å². The second-order valence-corrected chi connectivity index (χ2v) is 5.59. The number of anilines is 1. The van der Waals surface area contributed by atoms with Crippen molar-refractivity contribution in [2.75, 3.05) is 5.32 Å². The number of benzene rings is 1. The molecule has 3 rings (SSSR count). The Morgan fingerprint density at radius 2 is 2.05 bits per heavy atom. The molecule has 1 atom stereocenters. The van der Waals surface area contributed by atoms with E-state index in [4.69, 9.17) is 0 Å². The SMILES string of the molecule is CC(C(=O)Nc1cccc2cccnc12)c1cccs1. The van der Waals surface area contributed by atoms with Crippen LogP contribution in [0.5, 0.6) is 0 Å². The predicted octanol–water partition coefficient (Wildman–Crippen LogP) is 4.04. The number of carbonyl (C=O) groups is 1. The lowest BCUT2D eigenvalue weighted by molar-refractivity contribution is -0.117. The zero-order valence-corrected chi connectivity index (χ0v) is 11.9. The van der Waals surface area contributed by atoms with Crippen molar-refractivity contribution in [3.63, 3.8) is 0 Å². The number of rotatable bonds is 3. The minimum absolute atomic E-state index is 0.00870. The Kier molecular flexibility index (Phi) is 3.48. The molecule has 0 spiro atoms. The molecule has 100 valence electrons. The summed E-state index contributed by atoms with van der Waals surface area (Å²) in [4.78, 5) is 17.7. The Bertz CT molecular complexity index is 732. The van der Waals surface area contributed by atoms with Crippen LogP contribution in [0.2, 0.25) is 0 Å². The number of carbonyl (C=O) groups excluding carboxylic acids is 1. The van der Waals surface area contributed by atoms with Crippen LogP contribution in [0.1, 0.15) is 17.7 Å². The number of hydrogen-bond acceptors (Lipinski definition) is 3. The Balaban J connectivity index is 1.88. The first-order valence-electron chi connectivity index (χ1n) is 6.44. The van der Waals surface area contributed by atoms with Crippen molar-refractivity contribution in [2.45, 2.75) is 12.8 Å². The maximum Gasteiger partial charge on any atom is 0.232 e. The van der Waals surface area contributed by atoms with E-state index in [2.05, 4.69) is 10.3 Å². The molecule has 0 aliphatic heterocycles. The van der Waals surface area contributed by atoms with Gasteiger partial charge in [0, 0.05) is 16.5 Å². The Morgan fingerprint density at radius 3 is 2.85 bits per heavy atom. The average molecular weight is 282 g/mol. The lowest BCUT2D eigenvalue weighted by atomic mass is 10.1. The molecule has 0 aliphatic rings. The van der Waals surface area contributed by atoms with E-state index in [0.29, 0.717) is 0 Å². The molecule has 1 unspecified atom stereocenters. The first kappa shape index (κ1) is 12.8. The van der Waals surface area contributed by atoms with Crippen molar-refractivity contribution < 1.29 is 4.79 Å². The van der Waals surface area contributed by atoms with Gasteiger partial charge in [-0.25, -0.2) is 0 Å². The van der Waals surface area contributed by atoms with Gasteiger partial charge in [-0.1, -0.05) is 24.3 Å². The molecule has 3 nitrogen and oxygen atoms in total. The molecule has 2 heterocycles. The first-order chi connectivity index (χ1) is 9.75. The molecule has 0 fully saturated rings. The summed E-state index contributed by atoms with van der Waals surface area (Å²) in [5.41, 5.74) is 1.58. The molecule has 2 aromatic heterocycles. The van der Waals surface area contributed by atoms with E-state index < -0.39 is 0 Å². The molecule has 0 saturated carbocycles. The average Bonchev–Trinajstić information content (AvgIpc) is 3.01. The molecule has 1 aromatic carbocycles. The van der Waals surface area contributed by atoms with Gasteiger partial charge in [-0.3, -0.25) is 9.78 Å². The number of aromatic nitrogens is 1. The number of nitrogens with zero attached hydrogens (tertiary/aromatic N) is 1. The molecule has 0 radical (unpaired) electrons. The van der Waals surface area contributed by atoms with Gasteiger partial charge in [-0.15, -0.1) is 11.3 Å². The summed E-state index contributed by atoms with van der Waals surface area (Å²) >= 11 is 1.60. The first-order valence-corrected chi connectivity index (χ1v) is 7.31. The van der Waals surface area contributed by atoms with Crippen molar-refractivity contribution in [1.82, 2.24) is 4.98 Å². The fourth-order valence-electron chi connectivity index (χ4n) is 2.11. The number of para-hydroxylation sites is 1. The Morgan fingerprint density at radius 1 is 1.20 bits per heavy atom. The summed E-state index contributed by atoms with van der Waals surface area (Å²) in [7, 11) is 0. The number of hydrogen-bond donors (Lipinski definition) is 1. The summed E-state index contributed by atoms with van der Waals surface area (Å²) in [6.07, 6.45) is 1.74. The fourth-order valence-corrected chi connectivity index (χ4v) is 2.90. The summed E-state index contributed by atoms with van der Waals surface area (Å²) < 4.78 is 0. The van der Waals surface area contributed by atoms with Crippen molar-refractivity contribution in [3.05, 3.63) is 58.9 Å². The van der Waals surface area contributed by atoms with Crippen LogP contribution in [-0.2, 0) is 4.79 Å². The molecule has 0 saturated heterocycles. The van der Waals surface area contributed by atoms with Crippen molar-refractivity contribution in [1.29, 1.82) is 0 Å². The van der Waals surface area contributed by atoms with Crippen LogP contribution in [-0.4, -0.2) is 10.9 Å². The lowest BCUT2D eigenvalue weighted by Gasteiger charge is -2.12. The van der Waals surface area contributed by atoms with Gasteiger partial charge in [0.05, 0.1) is 17.1 Å². The molecule has 1 N–H and O–H groups in total. The second kappa shape index (κ2) is 5.43. The highest BCUT2D eigenvalue weighted by Gasteiger charge is 2.17. The third-order valence-corrected chi connectivity index (χ3v) is 4.31. The standard InChI is InChI=1S/C16H14N2OS/c1-11(14-8-4-10-20-14)16(19)18-13-7-2-5-12-6-3-9-17-15(12)13/h2-11H,1H3,(H,18,19). The van der Waals surface area contributed by atoms with Crippen molar-refractivity contribution >= 4 is 33.8 Å². The molecular weight excluding hydrogens is 268 g/mol. The normalized spacial score (nSPS) is 12.2. The van der Waals surface area contributed by atoms with E-state index in [9.17, 15) is 4.79 Å². The van der Waals surface area contributed by atoms with Gasteiger partial charge >= 0.3 is 0 Å². The lowest BCUT2D eigenvalue weighted by Crippen LogP contribution is -2.18. The van der Waals surface area contributed by atoms with E-state index in [1.807, 2.05) is 54.8 Å². The van der Waals surface area contributed by atoms with Crippen LogP contribution < -0.4 is 5.32 Å². The number of thiophene rings is 1. The highest BCUT2D eigenvalue weighted by atomic mass is 32.1. The molecular formula is C16H14N2OS. The van der Waals surface area contributed by atoms with Crippen LogP contribution >= 0.6 is 11.3 Å². The third kappa shape index (κ3) is 2.42. The van der Waals surface area contributed by atoms with Gasteiger partial charge in [-0.05, 0) is 30.5 Å². The zero-order chi connectivity index (χ0) is 13.9. The summed E-state index contributed by atoms with van der Waals surface area (Å²) in [5.74, 6) is -0.167. The smallest absolute Gasteiger partial charge is 0.232 e. The minimum Gasteiger partial charge on any atom is -0.324 e. The van der Waals surface area contributed by atoms with Gasteiger partial charge in [0.15, 0.2) is 0 Å². The van der Waals surface area contributed by atoms with Gasteiger partial charge in [0.2, 0.25) is 5.91 Å². The number of nitrogens with one attached hydrogen (secondary N) is 1. The highest BCUT2D eigenvalue weighted by molar-refractivity contribution is 7.10. The topological polar surface area (TPSA) is 42.0 Å². The number of amides is 1. The van der Waals surface area contributed by atoms with Crippen LogP contribution in [0.4, 0.5) is 5.69 Å². The predicted molar refractivity (Wildman–Crippen MR) is 83.1 cm³/mol. The van der Waals surface area contributed by atoms with Crippen LogP contribution in [0.15, 0.2) is 54.0 Å². The molecule has 1 amide bonds. The maximum absolute atomic E-state index is 12.3. The van der Waals surface area contributed by atoms with Crippen molar-refractivity contribution in [3.8, 4) is 0 Å². The summed E-state index contributed by atoms with van der Waals surface area (Å²) in [6, 6.07) is 13.6. The van der Waals surface area contributed by atoms with Crippen LogP contribution in [0, 0.1) is 0 Å². The summed E-state index contributed by atoms with van der Waals surface area (Å²) in [5, 5.41) is 5.99. The van der Waals surface area contributed by atoms with E-state index in [1.165, 1.54) is 0 Å². The molecule has 0 aliphatic carbocycles. The molecule has 3 aromatic rings. The zero-order valence-electron chi connectivity index (χ0n) is 11.0. The molecule has 20 heavy (non-hydrogen) atoms. The molecule has 0 bridgehead atoms. The monoisotopic (exact) mass is 282 g/mol. The van der Waals surface area contributed by atoms with Crippen LogP contribution in [0.3, 0.4) is 0 Å². The van der Waals surface area contributed by atoms with E-state index in [1.54, 1.807) is 17.5 Å². The van der Waals surface area contributed by atoms with Gasteiger partial charge < -0.3 is 5.32 Å². The molecule has 4 heteroatoms. The minimum atomic E-state index is -0.158. The quantitative estimate of drug-likeness (QED) is 0.787. The second-order valence-electron chi connectivity index (χ2n) is 4.61. The highest BCUT2D eigenvalue weighted by Crippen LogP contribution is 2.25. The van der Waals surface area contributed by atoms with E-state index in [0.717, 1.165) is 21.5 Å². The number of fused-ring (bicyclic) bond motifs is 1. The fraction of sp³-hybridized carbons (Fsp3) is 0.125. The van der Waals surface area contributed by atoms with E-state index in [-0.39, 0.29) is 11.8 Å². The van der Waals surface area contributed by atoms with Gasteiger partial charge in [0.1, 0.15) is 0 Å². The maximum atomic E-state index is 12.3.